The first-order valence-corrected chi connectivity index (χ1v) is 13.0. The van der Waals surface area contributed by atoms with Gasteiger partial charge in [0.05, 0.1) is 0 Å². The van der Waals surface area contributed by atoms with E-state index in [4.69, 9.17) is 9.96 Å². The van der Waals surface area contributed by atoms with E-state index in [1.54, 1.807) is 20.8 Å². The van der Waals surface area contributed by atoms with Gasteiger partial charge in [-0.15, -0.1) is 0 Å². The third-order valence-electron chi connectivity index (χ3n) is 7.03. The Balaban J connectivity index is 2.44. The Bertz CT molecular complexity index is 1170. The second-order valence-electron chi connectivity index (χ2n) is 8.39. The van der Waals surface area contributed by atoms with Crippen LogP contribution in [0.2, 0.25) is 3.72 Å². The van der Waals surface area contributed by atoms with Crippen LogP contribution in [-0.2, 0) is 36.7 Å². The first-order valence-electron chi connectivity index (χ1n) is 10.3. The Morgan fingerprint density at radius 2 is 1.32 bits per heavy atom. The zero-order valence-electron chi connectivity index (χ0n) is 19.7. The van der Waals surface area contributed by atoms with Gasteiger partial charge in [-0.3, -0.25) is 0 Å². The maximum atomic E-state index is 14.1. The topological polar surface area (TPSA) is 40.6 Å². The van der Waals surface area contributed by atoms with Gasteiger partial charge in [-0.2, -0.15) is 0 Å². The predicted octanol–water partition coefficient (Wildman–Crippen LogP) is 7.71. The van der Waals surface area contributed by atoms with Crippen LogP contribution in [0.5, 0.6) is 5.75 Å². The van der Waals surface area contributed by atoms with Gasteiger partial charge in [0.15, 0.2) is 0 Å². The number of allylic oxidation sites excluding steroid dienone is 4. The number of fused-ring (bicyclic) bond motifs is 1. The molecule has 4 nitrogen and oxygen atoms in total. The molecule has 0 amide bonds. The van der Waals surface area contributed by atoms with Crippen LogP contribution in [-0.4, -0.2) is 19.2 Å². The molecule has 0 unspecified atom stereocenters. The molecule has 1 aliphatic carbocycles. The van der Waals surface area contributed by atoms with Crippen LogP contribution in [0.4, 0.5) is 26.3 Å². The van der Waals surface area contributed by atoms with Crippen molar-refractivity contribution in [2.24, 2.45) is 0 Å². The zero-order valence-corrected chi connectivity index (χ0v) is 21.3. The van der Waals surface area contributed by atoms with Crippen molar-refractivity contribution in [1.82, 2.24) is 4.98 Å². The second kappa shape index (κ2) is 8.66. The molecule has 2 aromatic rings. The summed E-state index contributed by atoms with van der Waals surface area (Å²) >= 11 is -4.90. The molecular weight excluding hydrogens is 500 g/mol. The summed E-state index contributed by atoms with van der Waals surface area (Å²) in [5, 5.41) is -0.785. The number of nitrogens with zero attached hydrogens (tertiary/aromatic N) is 1. The van der Waals surface area contributed by atoms with E-state index in [0.29, 0.717) is 12.3 Å². The van der Waals surface area contributed by atoms with E-state index >= 15 is 0 Å². The van der Waals surface area contributed by atoms with E-state index in [1.165, 1.54) is 20.3 Å². The van der Waals surface area contributed by atoms with Crippen LogP contribution in [0.25, 0.3) is 10.9 Å². The van der Waals surface area contributed by atoms with Crippen molar-refractivity contribution in [3.05, 3.63) is 57.8 Å². The van der Waals surface area contributed by atoms with E-state index in [2.05, 4.69) is 4.98 Å². The molecule has 0 spiro atoms. The quantitative estimate of drug-likeness (QED) is 0.296. The molecule has 11 heteroatoms. The first-order chi connectivity index (χ1) is 15.6. The average molecular weight is 525 g/mol. The molecule has 0 saturated carbocycles. The Morgan fingerprint density at radius 1 is 0.824 bits per heavy atom. The molecule has 0 N–H and O–H groups in total. The SMILES string of the molecule is C[O][Ti]([O]C)([O]c1c(C(F)(F)F)cnc2cccc(C(F)(F)F)c12)[C]1(C)C(C)=C(C)C(C)=C1C. The van der Waals surface area contributed by atoms with E-state index in [0.717, 1.165) is 28.4 Å². The molecule has 1 heterocycles. The first kappa shape index (κ1) is 26.7. The molecule has 0 atom stereocenters. The molecule has 0 bridgehead atoms. The molecule has 1 aromatic carbocycles. The van der Waals surface area contributed by atoms with Gasteiger partial charge in [0.25, 0.3) is 0 Å². The minimum absolute atomic E-state index is 0.287. The second-order valence-corrected chi connectivity index (χ2v) is 13.3. The molecule has 1 aliphatic rings. The summed E-state index contributed by atoms with van der Waals surface area (Å²) in [6, 6.07) is 2.99. The molecular formula is C23H25F6NO3Ti. The summed E-state index contributed by atoms with van der Waals surface area (Å²) in [5.41, 5.74) is 0.344. The van der Waals surface area contributed by atoms with Crippen molar-refractivity contribution in [2.75, 3.05) is 14.2 Å². The van der Waals surface area contributed by atoms with Gasteiger partial charge in [-0.1, -0.05) is 0 Å². The van der Waals surface area contributed by atoms with Crippen LogP contribution in [0.3, 0.4) is 0 Å². The number of halogens is 6. The number of pyridine rings is 1. The van der Waals surface area contributed by atoms with Crippen molar-refractivity contribution >= 4 is 10.9 Å². The molecule has 0 radical (unpaired) electrons. The standard InChI is InChI=1S/C11H5F6NO.C10H15.2CH3O.Ti/c12-10(13,14)5-2-1-3-7-8(5)9(19)6(4-18-7)11(15,16)17;1-6-7(2)9(4)10(5)8(6)3;2*1-2;/h1-4H,(H,18,19);1-5H3;2*1H3;/q;;2*-1;+3/p-1. The minimum atomic E-state index is -5.04. The molecule has 0 saturated heterocycles. The summed E-state index contributed by atoms with van der Waals surface area (Å²) in [5.74, 6) is -0.988. The fourth-order valence-electron chi connectivity index (χ4n) is 4.62. The van der Waals surface area contributed by atoms with Gasteiger partial charge in [0.1, 0.15) is 0 Å². The van der Waals surface area contributed by atoms with E-state index in [9.17, 15) is 26.3 Å². The third-order valence-corrected chi connectivity index (χ3v) is 12.5. The molecule has 34 heavy (non-hydrogen) atoms. The summed E-state index contributed by atoms with van der Waals surface area (Å²) in [6.07, 6.45) is -9.51. The fraction of sp³-hybridized carbons (Fsp3) is 0.435. The number of alkyl halides is 6. The Morgan fingerprint density at radius 3 is 1.76 bits per heavy atom. The maximum absolute atomic E-state index is 14.1. The Kier molecular flexibility index (Phi) is 6.80. The van der Waals surface area contributed by atoms with Gasteiger partial charge in [0.2, 0.25) is 0 Å². The van der Waals surface area contributed by atoms with Crippen molar-refractivity contribution < 1.29 is 54.1 Å². The van der Waals surface area contributed by atoms with Crippen LogP contribution in [0.1, 0.15) is 45.7 Å². The number of hydrogen-bond acceptors (Lipinski definition) is 4. The summed E-state index contributed by atoms with van der Waals surface area (Å²) < 4.78 is 100. The number of rotatable bonds is 5. The van der Waals surface area contributed by atoms with Crippen LogP contribution in [0, 0.1) is 0 Å². The summed E-state index contributed by atoms with van der Waals surface area (Å²) in [6.45, 7) is 9.07. The molecule has 3 rings (SSSR count). The van der Waals surface area contributed by atoms with Crippen molar-refractivity contribution in [3.8, 4) is 5.75 Å². The van der Waals surface area contributed by atoms with Crippen LogP contribution < -0.4 is 3.32 Å². The Hall–Kier alpha value is -1.88. The van der Waals surface area contributed by atoms with E-state index < -0.39 is 56.1 Å². The predicted molar refractivity (Wildman–Crippen MR) is 112 cm³/mol. The van der Waals surface area contributed by atoms with E-state index in [1.807, 2.05) is 13.8 Å². The molecule has 0 fully saturated rings. The normalized spacial score (nSPS) is 17.2. The van der Waals surface area contributed by atoms with Gasteiger partial charge in [0, 0.05) is 0 Å². The average Bonchev–Trinajstić information content (AvgIpc) is 2.91. The fourth-order valence-corrected chi connectivity index (χ4v) is 9.51. The van der Waals surface area contributed by atoms with Gasteiger partial charge in [-0.05, 0) is 0 Å². The van der Waals surface area contributed by atoms with Crippen molar-refractivity contribution in [3.63, 3.8) is 0 Å². The molecule has 1 aromatic heterocycles. The van der Waals surface area contributed by atoms with Crippen molar-refractivity contribution in [2.45, 2.75) is 50.7 Å². The van der Waals surface area contributed by atoms with Crippen LogP contribution >= 0.6 is 0 Å². The molecule has 186 valence electrons. The van der Waals surface area contributed by atoms with E-state index in [-0.39, 0.29) is 5.52 Å². The van der Waals surface area contributed by atoms with Gasteiger partial charge < -0.3 is 0 Å². The van der Waals surface area contributed by atoms with Gasteiger partial charge in [-0.25, -0.2) is 0 Å². The number of aromatic nitrogens is 1. The summed E-state index contributed by atoms with van der Waals surface area (Å²) in [7, 11) is 2.50. The number of benzene rings is 1. The Labute approximate surface area is 198 Å². The summed E-state index contributed by atoms with van der Waals surface area (Å²) in [4.78, 5) is 3.65. The van der Waals surface area contributed by atoms with Crippen molar-refractivity contribution in [1.29, 1.82) is 0 Å². The third kappa shape index (κ3) is 3.88. The molecule has 0 aliphatic heterocycles. The zero-order chi connectivity index (χ0) is 25.9. The van der Waals surface area contributed by atoms with Gasteiger partial charge >= 0.3 is 198 Å². The van der Waals surface area contributed by atoms with Crippen LogP contribution in [0.15, 0.2) is 46.7 Å². The monoisotopic (exact) mass is 525 g/mol. The number of hydrogen-bond donors (Lipinski definition) is 0.